The summed E-state index contributed by atoms with van der Waals surface area (Å²) in [5, 5.41) is 5.59. The van der Waals surface area contributed by atoms with Gasteiger partial charge in [-0.15, -0.1) is 0 Å². The molecule has 0 bridgehead atoms. The Balaban J connectivity index is 1.51. The highest BCUT2D eigenvalue weighted by Gasteiger charge is 2.23. The summed E-state index contributed by atoms with van der Waals surface area (Å²) in [6, 6.07) is 23.1. The standard InChI is InChI=1S/C34H40N2O5S/c1-34(2,3)29-17-13-27(14-18-29)31(23-24-9-11-28(12-10-24)32(37)35-21-22-42(39,40)41)33(38)36-30-19-15-26(16-20-30)25-7-5-4-6-8-25/h7,9-20,31H,4-6,8,21-23H2,1-3H3,(H,35,37)(H,36,38)(H,39,40,41). The van der Waals surface area contributed by atoms with Gasteiger partial charge in [0, 0.05) is 17.8 Å². The van der Waals surface area contributed by atoms with Gasteiger partial charge < -0.3 is 10.6 Å². The van der Waals surface area contributed by atoms with Crippen LogP contribution in [-0.4, -0.2) is 37.1 Å². The highest BCUT2D eigenvalue weighted by atomic mass is 32.2. The molecule has 0 heterocycles. The van der Waals surface area contributed by atoms with Gasteiger partial charge in [0.05, 0.1) is 11.7 Å². The van der Waals surface area contributed by atoms with Crippen LogP contribution in [-0.2, 0) is 26.7 Å². The van der Waals surface area contributed by atoms with Gasteiger partial charge in [0.2, 0.25) is 5.91 Å². The van der Waals surface area contributed by atoms with Gasteiger partial charge >= 0.3 is 0 Å². The lowest BCUT2D eigenvalue weighted by atomic mass is 9.84. The molecule has 1 atom stereocenters. The Labute approximate surface area is 249 Å². The summed E-state index contributed by atoms with van der Waals surface area (Å²) in [6.07, 6.45) is 7.38. The number of allylic oxidation sites excluding steroid dienone is 2. The van der Waals surface area contributed by atoms with Crippen molar-refractivity contribution in [2.45, 2.75) is 64.2 Å². The molecule has 7 nitrogen and oxygen atoms in total. The van der Waals surface area contributed by atoms with Gasteiger partial charge in [-0.05, 0) is 89.6 Å². The van der Waals surface area contributed by atoms with Gasteiger partial charge in [-0.25, -0.2) is 0 Å². The first kappa shape index (κ1) is 31.2. The van der Waals surface area contributed by atoms with E-state index in [0.717, 1.165) is 29.7 Å². The number of carbonyl (C=O) groups is 2. The number of hydrogen-bond acceptors (Lipinski definition) is 4. The first-order valence-corrected chi connectivity index (χ1v) is 16.0. The van der Waals surface area contributed by atoms with Crippen LogP contribution in [0.5, 0.6) is 0 Å². The molecule has 3 aromatic carbocycles. The van der Waals surface area contributed by atoms with Crippen LogP contribution >= 0.6 is 0 Å². The number of hydrogen-bond donors (Lipinski definition) is 3. The summed E-state index contributed by atoms with van der Waals surface area (Å²) in [6.45, 7) is 6.27. The van der Waals surface area contributed by atoms with Crippen molar-refractivity contribution >= 4 is 33.2 Å². The van der Waals surface area contributed by atoms with E-state index in [-0.39, 0.29) is 17.9 Å². The molecular formula is C34H40N2O5S. The fraction of sp³-hybridized carbons (Fsp3) is 0.353. The topological polar surface area (TPSA) is 113 Å². The molecule has 0 fully saturated rings. The third-order valence-corrected chi connectivity index (χ3v) is 8.33. The molecule has 2 amide bonds. The average Bonchev–Trinajstić information content (AvgIpc) is 2.96. The number of nitrogens with one attached hydrogen (secondary N) is 2. The van der Waals surface area contributed by atoms with Crippen molar-refractivity contribution in [3.63, 3.8) is 0 Å². The van der Waals surface area contributed by atoms with E-state index >= 15 is 0 Å². The van der Waals surface area contributed by atoms with Crippen LogP contribution in [0, 0.1) is 0 Å². The smallest absolute Gasteiger partial charge is 0.266 e. The van der Waals surface area contributed by atoms with Crippen molar-refractivity contribution in [3.05, 3.63) is 107 Å². The van der Waals surface area contributed by atoms with E-state index in [1.54, 1.807) is 24.3 Å². The number of anilines is 1. The summed E-state index contributed by atoms with van der Waals surface area (Å²) >= 11 is 0. The minimum absolute atomic E-state index is 0.0103. The van der Waals surface area contributed by atoms with Gasteiger partial charge in [-0.3, -0.25) is 14.1 Å². The van der Waals surface area contributed by atoms with E-state index in [2.05, 4.69) is 61.7 Å². The maximum absolute atomic E-state index is 13.7. The van der Waals surface area contributed by atoms with Crippen LogP contribution in [0.3, 0.4) is 0 Å². The Kier molecular flexibility index (Phi) is 10.0. The molecule has 1 aliphatic carbocycles. The van der Waals surface area contributed by atoms with Crippen molar-refractivity contribution in [2.75, 3.05) is 17.6 Å². The first-order chi connectivity index (χ1) is 19.9. The molecule has 0 spiro atoms. The molecule has 222 valence electrons. The van der Waals surface area contributed by atoms with Gasteiger partial charge in [0.15, 0.2) is 0 Å². The SMILES string of the molecule is CC(C)(C)c1ccc(C(Cc2ccc(C(=O)NCCS(=O)(=O)O)cc2)C(=O)Nc2ccc(C3=CCCCC3)cc2)cc1. The van der Waals surface area contributed by atoms with Gasteiger partial charge in [0.25, 0.3) is 16.0 Å². The molecule has 3 N–H and O–H groups in total. The zero-order valence-electron chi connectivity index (χ0n) is 24.5. The Morgan fingerprint density at radius 1 is 0.905 bits per heavy atom. The molecule has 0 aliphatic heterocycles. The van der Waals surface area contributed by atoms with Crippen LogP contribution in [0.2, 0.25) is 0 Å². The second kappa shape index (κ2) is 13.5. The van der Waals surface area contributed by atoms with Gasteiger partial charge in [-0.1, -0.05) is 75.4 Å². The average molecular weight is 589 g/mol. The highest BCUT2D eigenvalue weighted by Crippen LogP contribution is 2.30. The summed E-state index contributed by atoms with van der Waals surface area (Å²) in [5.41, 5.74) is 6.62. The molecule has 1 aliphatic rings. The monoisotopic (exact) mass is 588 g/mol. The second-order valence-electron chi connectivity index (χ2n) is 11.9. The lowest BCUT2D eigenvalue weighted by Gasteiger charge is -2.22. The van der Waals surface area contributed by atoms with Gasteiger partial charge in [0.1, 0.15) is 0 Å². The van der Waals surface area contributed by atoms with Crippen molar-refractivity contribution in [3.8, 4) is 0 Å². The largest absolute Gasteiger partial charge is 0.351 e. The molecule has 0 saturated carbocycles. The second-order valence-corrected chi connectivity index (χ2v) is 13.5. The zero-order chi connectivity index (χ0) is 30.3. The van der Waals surface area contributed by atoms with E-state index in [9.17, 15) is 18.0 Å². The molecule has 42 heavy (non-hydrogen) atoms. The third kappa shape index (κ3) is 8.87. The quantitative estimate of drug-likeness (QED) is 0.233. The van der Waals surface area contributed by atoms with Crippen molar-refractivity contribution in [2.24, 2.45) is 0 Å². The van der Waals surface area contributed by atoms with Crippen LogP contribution < -0.4 is 10.6 Å². The summed E-state index contributed by atoms with van der Waals surface area (Å²) in [4.78, 5) is 26.1. The van der Waals surface area contributed by atoms with Crippen molar-refractivity contribution in [1.82, 2.24) is 5.32 Å². The lowest BCUT2D eigenvalue weighted by Crippen LogP contribution is -2.28. The molecule has 8 heteroatoms. The Morgan fingerprint density at radius 3 is 2.14 bits per heavy atom. The molecule has 3 aromatic rings. The highest BCUT2D eigenvalue weighted by molar-refractivity contribution is 7.85. The maximum Gasteiger partial charge on any atom is 0.266 e. The van der Waals surface area contributed by atoms with Gasteiger partial charge in [-0.2, -0.15) is 8.42 Å². The van der Waals surface area contributed by atoms with Crippen LogP contribution in [0.25, 0.3) is 5.57 Å². The lowest BCUT2D eigenvalue weighted by molar-refractivity contribution is -0.117. The third-order valence-electron chi connectivity index (χ3n) is 7.61. The molecule has 0 radical (unpaired) electrons. The minimum Gasteiger partial charge on any atom is -0.351 e. The predicted octanol–water partition coefficient (Wildman–Crippen LogP) is 6.52. The van der Waals surface area contributed by atoms with E-state index < -0.39 is 27.7 Å². The first-order valence-electron chi connectivity index (χ1n) is 14.4. The predicted molar refractivity (Wildman–Crippen MR) is 168 cm³/mol. The van der Waals surface area contributed by atoms with E-state index in [0.29, 0.717) is 12.0 Å². The van der Waals surface area contributed by atoms with Crippen molar-refractivity contribution in [1.29, 1.82) is 0 Å². The zero-order valence-corrected chi connectivity index (χ0v) is 25.3. The molecule has 4 rings (SSSR count). The number of carbonyl (C=O) groups excluding carboxylic acids is 2. The molecule has 0 saturated heterocycles. The summed E-state index contributed by atoms with van der Waals surface area (Å²) in [7, 11) is -4.15. The van der Waals surface area contributed by atoms with Crippen LogP contribution in [0.1, 0.15) is 85.0 Å². The summed E-state index contributed by atoms with van der Waals surface area (Å²) in [5.74, 6) is -1.57. The van der Waals surface area contributed by atoms with Crippen molar-refractivity contribution < 1.29 is 22.6 Å². The molecular weight excluding hydrogens is 548 g/mol. The van der Waals surface area contributed by atoms with Crippen LogP contribution in [0.4, 0.5) is 5.69 Å². The fourth-order valence-electron chi connectivity index (χ4n) is 5.10. The molecule has 0 aromatic heterocycles. The fourth-order valence-corrected chi connectivity index (χ4v) is 5.46. The Morgan fingerprint density at radius 2 is 1.57 bits per heavy atom. The maximum atomic E-state index is 13.7. The number of amides is 2. The summed E-state index contributed by atoms with van der Waals surface area (Å²) < 4.78 is 30.7. The minimum atomic E-state index is -4.15. The Bertz CT molecular complexity index is 1520. The molecule has 1 unspecified atom stereocenters. The normalized spacial score (nSPS) is 14.5. The van der Waals surface area contributed by atoms with E-state index in [4.69, 9.17) is 4.55 Å². The number of benzene rings is 3. The van der Waals surface area contributed by atoms with E-state index in [1.165, 1.54) is 29.5 Å². The number of rotatable bonds is 10. The van der Waals surface area contributed by atoms with Crippen LogP contribution in [0.15, 0.2) is 78.9 Å². The van der Waals surface area contributed by atoms with E-state index in [1.807, 2.05) is 24.3 Å². The Hall–Kier alpha value is -3.75.